The number of ether oxygens (including phenoxy) is 1. The quantitative estimate of drug-likeness (QED) is 0.297. The summed E-state index contributed by atoms with van der Waals surface area (Å²) in [5, 5.41) is 17.1. The molecule has 156 valence electrons. The van der Waals surface area contributed by atoms with E-state index < -0.39 is 5.97 Å². The van der Waals surface area contributed by atoms with Crippen LogP contribution in [0.4, 0.5) is 0 Å². The Morgan fingerprint density at radius 1 is 1.17 bits per heavy atom. The van der Waals surface area contributed by atoms with Crippen molar-refractivity contribution in [2.24, 2.45) is 5.16 Å². The van der Waals surface area contributed by atoms with Gasteiger partial charge >= 0.3 is 5.97 Å². The number of rotatable bonds is 11. The minimum atomic E-state index is -0.859. The summed E-state index contributed by atoms with van der Waals surface area (Å²) >= 11 is 0. The van der Waals surface area contributed by atoms with Gasteiger partial charge in [-0.15, -0.1) is 0 Å². The molecule has 1 N–H and O–H groups in total. The van der Waals surface area contributed by atoms with Crippen LogP contribution in [0.3, 0.4) is 0 Å². The van der Waals surface area contributed by atoms with Crippen molar-refractivity contribution in [3.63, 3.8) is 0 Å². The molecule has 0 aliphatic heterocycles. The fourth-order valence-electron chi connectivity index (χ4n) is 2.99. The van der Waals surface area contributed by atoms with E-state index in [2.05, 4.69) is 22.4 Å². The van der Waals surface area contributed by atoms with Gasteiger partial charge in [-0.25, -0.2) is 4.68 Å². The SMILES string of the molecule is Cc1c(CC(=O)O)cccc1OCCON=CCCc1ccc(-n2cccn2)cc1. The highest BCUT2D eigenvalue weighted by molar-refractivity contribution is 5.71. The fourth-order valence-corrected chi connectivity index (χ4v) is 2.99. The van der Waals surface area contributed by atoms with E-state index in [-0.39, 0.29) is 6.42 Å². The third-order valence-corrected chi connectivity index (χ3v) is 4.59. The number of nitrogens with zero attached hydrogens (tertiary/aromatic N) is 3. The lowest BCUT2D eigenvalue weighted by Crippen LogP contribution is -2.07. The standard InChI is InChI=1S/C23H25N3O4/c1-18-20(17-23(27)28)6-2-7-22(18)29-15-16-30-25-13-3-5-19-8-10-21(11-9-19)26-14-4-12-24-26/h2,4,6-14H,3,5,15-17H2,1H3,(H,27,28). The molecular weight excluding hydrogens is 382 g/mol. The normalized spacial score (nSPS) is 11.0. The van der Waals surface area contributed by atoms with Gasteiger partial charge in [0.2, 0.25) is 0 Å². The minimum absolute atomic E-state index is 0.0181. The summed E-state index contributed by atoms with van der Waals surface area (Å²) in [6, 6.07) is 15.6. The molecular formula is C23H25N3O4. The van der Waals surface area contributed by atoms with Crippen LogP contribution in [0, 0.1) is 6.92 Å². The lowest BCUT2D eigenvalue weighted by atomic mass is 10.1. The average molecular weight is 407 g/mol. The number of carboxylic acids is 1. The largest absolute Gasteiger partial charge is 0.490 e. The number of aryl methyl sites for hydroxylation is 1. The van der Waals surface area contributed by atoms with Crippen LogP contribution in [0.15, 0.2) is 66.1 Å². The second kappa shape index (κ2) is 10.8. The molecule has 30 heavy (non-hydrogen) atoms. The van der Waals surface area contributed by atoms with Crippen LogP contribution in [0.2, 0.25) is 0 Å². The number of oxime groups is 1. The summed E-state index contributed by atoms with van der Waals surface area (Å²) in [6.45, 7) is 2.51. The van der Waals surface area contributed by atoms with Gasteiger partial charge in [-0.05, 0) is 60.7 Å². The molecule has 0 unspecified atom stereocenters. The third kappa shape index (κ3) is 6.20. The van der Waals surface area contributed by atoms with Crippen molar-refractivity contribution in [2.45, 2.75) is 26.2 Å². The zero-order chi connectivity index (χ0) is 21.2. The maximum absolute atomic E-state index is 10.9. The van der Waals surface area contributed by atoms with E-state index in [4.69, 9.17) is 14.7 Å². The van der Waals surface area contributed by atoms with Crippen molar-refractivity contribution in [3.8, 4) is 11.4 Å². The van der Waals surface area contributed by atoms with Crippen LogP contribution >= 0.6 is 0 Å². The molecule has 0 fully saturated rings. The van der Waals surface area contributed by atoms with E-state index >= 15 is 0 Å². The summed E-state index contributed by atoms with van der Waals surface area (Å²) in [7, 11) is 0. The Hall–Kier alpha value is -3.61. The molecule has 0 atom stereocenters. The van der Waals surface area contributed by atoms with E-state index in [1.165, 1.54) is 5.56 Å². The lowest BCUT2D eigenvalue weighted by Gasteiger charge is -2.11. The van der Waals surface area contributed by atoms with E-state index in [0.29, 0.717) is 19.0 Å². The first kappa shape index (κ1) is 21.1. The first-order valence-electron chi connectivity index (χ1n) is 9.79. The average Bonchev–Trinajstić information content (AvgIpc) is 3.27. The van der Waals surface area contributed by atoms with Crippen LogP contribution in [0.1, 0.15) is 23.1 Å². The van der Waals surface area contributed by atoms with Crippen LogP contribution in [0.5, 0.6) is 5.75 Å². The Balaban J connectivity index is 1.34. The van der Waals surface area contributed by atoms with Crippen molar-refractivity contribution >= 4 is 12.2 Å². The van der Waals surface area contributed by atoms with E-state index in [9.17, 15) is 4.79 Å². The monoisotopic (exact) mass is 407 g/mol. The molecule has 0 bridgehead atoms. The Bertz CT molecular complexity index is 967. The Labute approximate surface area is 175 Å². The zero-order valence-electron chi connectivity index (χ0n) is 16.9. The minimum Gasteiger partial charge on any atom is -0.490 e. The number of hydrogen-bond donors (Lipinski definition) is 1. The molecule has 0 aliphatic rings. The predicted molar refractivity (Wildman–Crippen MR) is 114 cm³/mol. The molecule has 0 amide bonds. The van der Waals surface area contributed by atoms with Crippen molar-refractivity contribution in [3.05, 3.63) is 77.6 Å². The molecule has 3 rings (SSSR count). The van der Waals surface area contributed by atoms with E-state index in [1.807, 2.05) is 42.1 Å². The first-order chi connectivity index (χ1) is 14.6. The second-order valence-corrected chi connectivity index (χ2v) is 6.74. The number of carbonyl (C=O) groups is 1. The van der Waals surface area contributed by atoms with Gasteiger partial charge in [0.15, 0.2) is 6.61 Å². The van der Waals surface area contributed by atoms with Gasteiger partial charge in [0.25, 0.3) is 0 Å². The summed E-state index contributed by atoms with van der Waals surface area (Å²) in [4.78, 5) is 16.1. The van der Waals surface area contributed by atoms with Gasteiger partial charge in [0.05, 0.1) is 12.1 Å². The first-order valence-corrected chi connectivity index (χ1v) is 9.79. The zero-order valence-corrected chi connectivity index (χ0v) is 16.9. The third-order valence-electron chi connectivity index (χ3n) is 4.59. The number of carboxylic acid groups (broad SMARTS) is 1. The molecule has 0 aliphatic carbocycles. The van der Waals surface area contributed by atoms with Gasteiger partial charge < -0.3 is 14.7 Å². The Kier molecular flexibility index (Phi) is 7.60. The van der Waals surface area contributed by atoms with Gasteiger partial charge in [0.1, 0.15) is 12.4 Å². The number of benzene rings is 2. The summed E-state index contributed by atoms with van der Waals surface area (Å²) in [5.74, 6) is -0.193. The Morgan fingerprint density at radius 3 is 2.73 bits per heavy atom. The van der Waals surface area contributed by atoms with Gasteiger partial charge in [-0.2, -0.15) is 5.10 Å². The molecule has 7 nitrogen and oxygen atoms in total. The molecule has 0 radical (unpaired) electrons. The van der Waals surface area contributed by atoms with Crippen molar-refractivity contribution in [2.75, 3.05) is 13.2 Å². The number of hydrogen-bond acceptors (Lipinski definition) is 5. The molecule has 0 saturated heterocycles. The highest BCUT2D eigenvalue weighted by Gasteiger charge is 2.08. The van der Waals surface area contributed by atoms with Gasteiger partial charge in [0, 0.05) is 18.6 Å². The highest BCUT2D eigenvalue weighted by Crippen LogP contribution is 2.21. The van der Waals surface area contributed by atoms with Crippen LogP contribution in [-0.4, -0.2) is 40.3 Å². The summed E-state index contributed by atoms with van der Waals surface area (Å²) < 4.78 is 7.50. The van der Waals surface area contributed by atoms with Crippen molar-refractivity contribution in [1.29, 1.82) is 0 Å². The molecule has 1 aromatic heterocycles. The molecule has 3 aromatic rings. The fraction of sp³-hybridized carbons (Fsp3) is 0.261. The highest BCUT2D eigenvalue weighted by atomic mass is 16.6. The maximum Gasteiger partial charge on any atom is 0.307 e. The molecule has 7 heteroatoms. The molecule has 1 heterocycles. The predicted octanol–water partition coefficient (Wildman–Crippen LogP) is 3.82. The van der Waals surface area contributed by atoms with Gasteiger partial charge in [-0.3, -0.25) is 4.79 Å². The van der Waals surface area contributed by atoms with Crippen LogP contribution in [-0.2, 0) is 22.5 Å². The van der Waals surface area contributed by atoms with E-state index in [0.717, 1.165) is 29.7 Å². The van der Waals surface area contributed by atoms with Crippen LogP contribution < -0.4 is 4.74 Å². The lowest BCUT2D eigenvalue weighted by molar-refractivity contribution is -0.136. The molecule has 2 aromatic carbocycles. The van der Waals surface area contributed by atoms with Gasteiger partial charge in [-0.1, -0.05) is 29.4 Å². The smallest absolute Gasteiger partial charge is 0.307 e. The topological polar surface area (TPSA) is 85.9 Å². The molecule has 0 spiro atoms. The summed E-state index contributed by atoms with van der Waals surface area (Å²) in [6.07, 6.45) is 7.05. The Morgan fingerprint density at radius 2 is 2.00 bits per heavy atom. The second-order valence-electron chi connectivity index (χ2n) is 6.74. The van der Waals surface area contributed by atoms with Crippen LogP contribution in [0.25, 0.3) is 5.69 Å². The van der Waals surface area contributed by atoms with E-state index in [1.54, 1.807) is 24.5 Å². The molecule has 0 saturated carbocycles. The maximum atomic E-state index is 10.9. The van der Waals surface area contributed by atoms with Crippen molar-refractivity contribution < 1.29 is 19.5 Å². The number of aromatic nitrogens is 2. The summed E-state index contributed by atoms with van der Waals surface area (Å²) in [5.41, 5.74) is 3.83. The number of aliphatic carboxylic acids is 1. The van der Waals surface area contributed by atoms with Crippen molar-refractivity contribution in [1.82, 2.24) is 9.78 Å².